The van der Waals surface area contributed by atoms with Crippen LogP contribution < -0.4 is 0 Å². The Bertz CT molecular complexity index is 243. The highest BCUT2D eigenvalue weighted by atomic mass is 31.1. The lowest BCUT2D eigenvalue weighted by molar-refractivity contribution is -0.143. The molecular weight excluding hydrogens is 251 g/mol. The number of unbranched alkanes of at least 4 members (excludes halogenated alkanes) is 2. The minimum atomic E-state index is -1.85. The molecule has 0 fully saturated rings. The van der Waals surface area contributed by atoms with Gasteiger partial charge in [0.2, 0.25) is 0 Å². The monoisotopic (exact) mass is 278 g/mol. The van der Waals surface area contributed by atoms with Crippen LogP contribution in [0.1, 0.15) is 52.9 Å². The fourth-order valence-electron chi connectivity index (χ4n) is 1.33. The Balaban J connectivity index is 3.64. The predicted octanol–water partition coefficient (Wildman–Crippen LogP) is 3.44. The second-order valence-corrected chi connectivity index (χ2v) is 6.65. The molecule has 0 saturated carbocycles. The fourth-order valence-corrected chi connectivity index (χ4v) is 2.49. The molecule has 0 bridgehead atoms. The van der Waals surface area contributed by atoms with Gasteiger partial charge in [-0.1, -0.05) is 26.7 Å². The molecule has 0 rings (SSSR count). The third kappa shape index (κ3) is 9.67. The van der Waals surface area contributed by atoms with Crippen LogP contribution in [0.2, 0.25) is 0 Å². The molecule has 0 aliphatic rings. The first-order chi connectivity index (χ1) is 8.61. The van der Waals surface area contributed by atoms with Gasteiger partial charge in [-0.05, 0) is 19.8 Å². The lowest BCUT2D eigenvalue weighted by atomic mass is 10.4. The van der Waals surface area contributed by atoms with Gasteiger partial charge in [-0.2, -0.15) is 0 Å². The molecule has 0 aliphatic heterocycles. The molecule has 4 nitrogen and oxygen atoms in total. The van der Waals surface area contributed by atoms with Gasteiger partial charge in [0.15, 0.2) is 0 Å². The van der Waals surface area contributed by atoms with Crippen LogP contribution in [0.5, 0.6) is 0 Å². The van der Waals surface area contributed by atoms with E-state index in [-0.39, 0.29) is 18.2 Å². The van der Waals surface area contributed by atoms with E-state index in [9.17, 15) is 9.36 Å². The highest BCUT2D eigenvalue weighted by Gasteiger charge is 2.13. The molecule has 0 aromatic carbocycles. The maximum Gasteiger partial charge on any atom is 0.306 e. The summed E-state index contributed by atoms with van der Waals surface area (Å²) in [5.41, 5.74) is 0. The fraction of sp³-hybridized carbons (Fsp3) is 0.923. The van der Waals surface area contributed by atoms with Crippen molar-refractivity contribution in [2.75, 3.05) is 19.4 Å². The van der Waals surface area contributed by atoms with E-state index in [0.29, 0.717) is 19.4 Å². The number of esters is 1. The van der Waals surface area contributed by atoms with Crippen LogP contribution in [0, 0.1) is 0 Å². The Morgan fingerprint density at radius 1 is 1.17 bits per heavy atom. The van der Waals surface area contributed by atoms with Crippen molar-refractivity contribution >= 4 is 13.8 Å². The second kappa shape index (κ2) is 11.7. The van der Waals surface area contributed by atoms with E-state index in [2.05, 4.69) is 6.92 Å². The molecule has 18 heavy (non-hydrogen) atoms. The molecule has 0 saturated heterocycles. The number of carbonyl (C=O) groups is 1. The summed E-state index contributed by atoms with van der Waals surface area (Å²) in [5, 5.41) is 0. The van der Waals surface area contributed by atoms with E-state index < -0.39 is 7.80 Å². The first kappa shape index (κ1) is 17.7. The van der Waals surface area contributed by atoms with Gasteiger partial charge in [0, 0.05) is 12.8 Å². The number of carbonyl (C=O) groups excluding carboxylic acids is 1. The van der Waals surface area contributed by atoms with Gasteiger partial charge in [-0.15, -0.1) is 0 Å². The quantitative estimate of drug-likeness (QED) is 0.330. The van der Waals surface area contributed by atoms with Crippen molar-refractivity contribution in [1.82, 2.24) is 0 Å². The van der Waals surface area contributed by atoms with Crippen LogP contribution in [0.25, 0.3) is 0 Å². The smallest absolute Gasteiger partial charge is 0.306 e. The highest BCUT2D eigenvalue weighted by Crippen LogP contribution is 2.29. The van der Waals surface area contributed by atoms with Gasteiger partial charge in [-0.25, -0.2) is 0 Å². The van der Waals surface area contributed by atoms with Crippen LogP contribution in [0.4, 0.5) is 0 Å². The van der Waals surface area contributed by atoms with Gasteiger partial charge in [0.1, 0.15) is 13.6 Å². The SMILES string of the molecule is CCCCOC(=O)CC[PH](=O)C(C)OCCCC. The standard InChI is InChI=1S/C13H27O4P/c1-4-6-9-16-12(3)18(15)11-8-13(14)17-10-7-5-2/h12,18H,4-11H2,1-3H3. The van der Waals surface area contributed by atoms with E-state index in [0.717, 1.165) is 25.7 Å². The Hall–Kier alpha value is -0.340. The molecular formula is C13H27O4P. The topological polar surface area (TPSA) is 52.6 Å². The first-order valence-corrected chi connectivity index (χ1v) is 8.61. The lowest BCUT2D eigenvalue weighted by Crippen LogP contribution is -2.10. The molecule has 0 heterocycles. The van der Waals surface area contributed by atoms with E-state index in [1.165, 1.54) is 0 Å². The van der Waals surface area contributed by atoms with Crippen molar-refractivity contribution in [3.8, 4) is 0 Å². The van der Waals surface area contributed by atoms with E-state index in [1.807, 2.05) is 13.8 Å². The summed E-state index contributed by atoms with van der Waals surface area (Å²) < 4.78 is 22.3. The summed E-state index contributed by atoms with van der Waals surface area (Å²) in [5.74, 6) is -0.479. The molecule has 5 heteroatoms. The summed E-state index contributed by atoms with van der Waals surface area (Å²) >= 11 is 0. The Morgan fingerprint density at radius 3 is 2.39 bits per heavy atom. The summed E-state index contributed by atoms with van der Waals surface area (Å²) in [4.78, 5) is 11.3. The second-order valence-electron chi connectivity index (χ2n) is 4.41. The van der Waals surface area contributed by atoms with Crippen LogP contribution in [0.3, 0.4) is 0 Å². The molecule has 0 N–H and O–H groups in total. The number of hydrogen-bond donors (Lipinski definition) is 0. The van der Waals surface area contributed by atoms with Gasteiger partial charge < -0.3 is 14.0 Å². The average Bonchev–Trinajstić information content (AvgIpc) is 2.36. The van der Waals surface area contributed by atoms with Crippen LogP contribution in [0.15, 0.2) is 0 Å². The first-order valence-electron chi connectivity index (χ1n) is 6.91. The van der Waals surface area contributed by atoms with Crippen molar-refractivity contribution < 1.29 is 18.8 Å². The van der Waals surface area contributed by atoms with E-state index in [1.54, 1.807) is 0 Å². The van der Waals surface area contributed by atoms with Crippen molar-refractivity contribution in [3.05, 3.63) is 0 Å². The lowest BCUT2D eigenvalue weighted by Gasteiger charge is -2.12. The molecule has 0 spiro atoms. The van der Waals surface area contributed by atoms with E-state index in [4.69, 9.17) is 9.47 Å². The zero-order valence-corrected chi connectivity index (χ0v) is 12.9. The van der Waals surface area contributed by atoms with Gasteiger partial charge in [-0.3, -0.25) is 4.79 Å². The number of ether oxygens (including phenoxy) is 2. The highest BCUT2D eigenvalue weighted by molar-refractivity contribution is 7.45. The molecule has 108 valence electrons. The Labute approximate surface area is 111 Å². The Morgan fingerprint density at radius 2 is 1.78 bits per heavy atom. The summed E-state index contributed by atoms with van der Waals surface area (Å²) in [7, 11) is -1.85. The normalized spacial score (nSPS) is 14.2. The van der Waals surface area contributed by atoms with Crippen LogP contribution >= 0.6 is 7.80 Å². The largest absolute Gasteiger partial charge is 0.466 e. The maximum absolute atomic E-state index is 11.8. The molecule has 0 aliphatic carbocycles. The minimum absolute atomic E-state index is 0.231. The maximum atomic E-state index is 11.8. The Kier molecular flexibility index (Phi) is 11.5. The minimum Gasteiger partial charge on any atom is -0.466 e. The average molecular weight is 278 g/mol. The molecule has 0 aromatic heterocycles. The zero-order chi connectivity index (χ0) is 13.8. The molecule has 2 atom stereocenters. The van der Waals surface area contributed by atoms with Crippen molar-refractivity contribution in [3.63, 3.8) is 0 Å². The van der Waals surface area contributed by atoms with Crippen molar-refractivity contribution in [1.29, 1.82) is 0 Å². The van der Waals surface area contributed by atoms with Gasteiger partial charge >= 0.3 is 5.97 Å². The third-order valence-electron chi connectivity index (χ3n) is 2.66. The van der Waals surface area contributed by atoms with Crippen LogP contribution in [-0.2, 0) is 18.8 Å². The van der Waals surface area contributed by atoms with Crippen molar-refractivity contribution in [2.45, 2.75) is 58.7 Å². The zero-order valence-electron chi connectivity index (χ0n) is 11.9. The predicted molar refractivity (Wildman–Crippen MR) is 74.7 cm³/mol. The number of rotatable bonds is 11. The van der Waals surface area contributed by atoms with Crippen LogP contribution in [-0.4, -0.2) is 31.2 Å². The van der Waals surface area contributed by atoms with Crippen molar-refractivity contribution in [2.24, 2.45) is 0 Å². The molecule has 2 unspecified atom stereocenters. The molecule has 0 aromatic rings. The number of hydrogen-bond acceptors (Lipinski definition) is 4. The third-order valence-corrected chi connectivity index (χ3v) is 4.47. The van der Waals surface area contributed by atoms with E-state index >= 15 is 0 Å². The summed E-state index contributed by atoms with van der Waals surface area (Å²) in [6.07, 6.45) is 4.57. The van der Waals surface area contributed by atoms with Gasteiger partial charge in [0.25, 0.3) is 0 Å². The molecule has 0 radical (unpaired) electrons. The molecule has 0 amide bonds. The summed E-state index contributed by atoms with van der Waals surface area (Å²) in [6.45, 7) is 7.07. The van der Waals surface area contributed by atoms with Gasteiger partial charge in [0.05, 0.1) is 13.0 Å². The summed E-state index contributed by atoms with van der Waals surface area (Å²) in [6, 6.07) is 0.